The smallest absolute Gasteiger partial charge is 0.267 e. The number of primary amides is 1. The molecule has 1 aliphatic rings. The molecular weight excluding hydrogens is 498 g/mol. The number of aromatic amines is 1. The number of aromatic nitrogens is 2. The molecule has 1 fully saturated rings. The molecule has 0 spiro atoms. The summed E-state index contributed by atoms with van der Waals surface area (Å²) in [6.45, 7) is -1.52. The van der Waals surface area contributed by atoms with Crippen LogP contribution in [0.3, 0.4) is 0 Å². The minimum Gasteiger partial charge on any atom is -0.457 e. The molecule has 14 heteroatoms. The summed E-state index contributed by atoms with van der Waals surface area (Å²) in [4.78, 5) is 11.8. The number of nitrogens with two attached hydrogens (primary N) is 1. The first-order valence-corrected chi connectivity index (χ1v) is 13.6. The fraction of sp³-hybridized carbons (Fsp3) is 0.238. The van der Waals surface area contributed by atoms with Gasteiger partial charge in [-0.1, -0.05) is 0 Å². The van der Waals surface area contributed by atoms with Crippen molar-refractivity contribution >= 4 is 26.0 Å². The maximum Gasteiger partial charge on any atom is 0.267 e. The normalized spacial score (nSPS) is 19.9. The Labute approximate surface area is 202 Å². The van der Waals surface area contributed by atoms with Crippen molar-refractivity contribution in [1.29, 1.82) is 0 Å². The molecule has 0 bridgehead atoms. The number of aliphatic hydroxyl groups is 1. The fourth-order valence-electron chi connectivity index (χ4n) is 3.66. The summed E-state index contributed by atoms with van der Waals surface area (Å²) in [5, 5.41) is 17.6. The van der Waals surface area contributed by atoms with E-state index in [0.29, 0.717) is 15.8 Å². The highest BCUT2D eigenvalue weighted by Gasteiger charge is 2.52. The van der Waals surface area contributed by atoms with E-state index >= 15 is 0 Å². The summed E-state index contributed by atoms with van der Waals surface area (Å²) in [6, 6.07) is 14.4. The zero-order valence-corrected chi connectivity index (χ0v) is 20.2. The summed E-state index contributed by atoms with van der Waals surface area (Å²) >= 11 is 0. The second kappa shape index (κ2) is 9.05. The van der Waals surface area contributed by atoms with Crippen LogP contribution < -0.4 is 10.5 Å². The van der Waals surface area contributed by atoms with Gasteiger partial charge in [0.1, 0.15) is 11.5 Å². The van der Waals surface area contributed by atoms with E-state index < -0.39 is 44.8 Å². The third-order valence-corrected chi connectivity index (χ3v) is 8.72. The Kier molecular flexibility index (Phi) is 6.42. The summed E-state index contributed by atoms with van der Waals surface area (Å²) in [5.41, 5.74) is 4.30. The van der Waals surface area contributed by atoms with Crippen LogP contribution in [0.15, 0.2) is 65.7 Å². The van der Waals surface area contributed by atoms with Crippen molar-refractivity contribution in [1.82, 2.24) is 18.8 Å². The van der Waals surface area contributed by atoms with Crippen molar-refractivity contribution in [2.75, 3.05) is 25.9 Å². The quantitative estimate of drug-likeness (QED) is 0.398. The number of amides is 1. The van der Waals surface area contributed by atoms with Gasteiger partial charge in [0.15, 0.2) is 0 Å². The Balaban J connectivity index is 1.53. The molecule has 2 aromatic carbocycles. The highest BCUT2D eigenvalue weighted by Crippen LogP contribution is 2.30. The number of rotatable bonds is 7. The summed E-state index contributed by atoms with van der Waals surface area (Å²) < 4.78 is 57.3. The Hall–Kier alpha value is -3.30. The van der Waals surface area contributed by atoms with Crippen molar-refractivity contribution < 1.29 is 31.5 Å². The van der Waals surface area contributed by atoms with Crippen molar-refractivity contribution in [3.8, 4) is 22.8 Å². The molecule has 4 N–H and O–H groups in total. The average Bonchev–Trinajstić information content (AvgIpc) is 3.34. The lowest BCUT2D eigenvalue weighted by Crippen LogP contribution is -2.69. The van der Waals surface area contributed by atoms with Crippen LogP contribution in [0.5, 0.6) is 11.5 Å². The maximum atomic E-state index is 13.2. The number of hydrogen-bond donors (Lipinski definition) is 3. The SMILES string of the molecule is CS(=O)(=O)N1CCN(S(=O)(=O)c2ccc(Oc3ccc(-c4ccn[nH]4)cc3)cc2)C(O)(C(N)=O)C1. The van der Waals surface area contributed by atoms with Gasteiger partial charge in [0.2, 0.25) is 25.8 Å². The van der Waals surface area contributed by atoms with Gasteiger partial charge < -0.3 is 15.6 Å². The Morgan fingerprint density at radius 1 is 1.03 bits per heavy atom. The van der Waals surface area contributed by atoms with Crippen LogP contribution in [0.1, 0.15) is 0 Å². The molecule has 12 nitrogen and oxygen atoms in total. The van der Waals surface area contributed by atoms with Crippen LogP contribution in [-0.2, 0) is 24.8 Å². The summed E-state index contributed by atoms with van der Waals surface area (Å²) in [7, 11) is -8.20. The topological polar surface area (TPSA) is 176 Å². The number of carbonyl (C=O) groups excluding carboxylic acids is 1. The molecule has 1 unspecified atom stereocenters. The van der Waals surface area contributed by atoms with Crippen molar-refractivity contribution in [2.45, 2.75) is 10.6 Å². The molecule has 0 saturated carbocycles. The van der Waals surface area contributed by atoms with Crippen LogP contribution in [0.25, 0.3) is 11.3 Å². The van der Waals surface area contributed by atoms with Gasteiger partial charge in [0.25, 0.3) is 5.91 Å². The van der Waals surface area contributed by atoms with Gasteiger partial charge in [-0.05, 0) is 60.2 Å². The fourth-order valence-corrected chi connectivity index (χ4v) is 6.09. The standard InChI is InChI=1S/C21H23N5O7S2/c1-34(29,30)25-12-13-26(21(28,14-25)20(22)27)35(31,32)18-8-6-17(7-9-18)33-16-4-2-15(3-5-16)19-10-11-23-24-19/h2-11,28H,12-14H2,1H3,(H2,22,27)(H,23,24). The van der Waals surface area contributed by atoms with E-state index in [0.717, 1.165) is 21.8 Å². The summed E-state index contributed by atoms with van der Waals surface area (Å²) in [6.07, 6.45) is 2.54. The number of nitrogens with one attached hydrogen (secondary N) is 1. The minimum atomic E-state index is -4.41. The number of carbonyl (C=O) groups is 1. The molecule has 0 radical (unpaired) electrons. The first kappa shape index (κ1) is 24.8. The molecule has 4 rings (SSSR count). The summed E-state index contributed by atoms with van der Waals surface area (Å²) in [5.74, 6) is -0.512. The zero-order chi connectivity index (χ0) is 25.4. The largest absolute Gasteiger partial charge is 0.457 e. The number of β-amino-alcohol motifs (C(OH)–C–C–N with tert-alkyl or cyclic N) is 1. The highest BCUT2D eigenvalue weighted by molar-refractivity contribution is 7.89. The number of piperazine rings is 1. The number of hydrogen-bond acceptors (Lipinski definition) is 8. The van der Waals surface area contributed by atoms with E-state index in [4.69, 9.17) is 10.5 Å². The molecule has 35 heavy (non-hydrogen) atoms. The Bertz CT molecular complexity index is 1420. The Morgan fingerprint density at radius 2 is 1.63 bits per heavy atom. The third kappa shape index (κ3) is 4.92. The van der Waals surface area contributed by atoms with Gasteiger partial charge in [-0.3, -0.25) is 9.89 Å². The predicted molar refractivity (Wildman–Crippen MR) is 125 cm³/mol. The zero-order valence-electron chi connectivity index (χ0n) is 18.5. The van der Waals surface area contributed by atoms with Gasteiger partial charge in [-0.2, -0.15) is 13.7 Å². The number of nitrogens with zero attached hydrogens (tertiary/aromatic N) is 3. The van der Waals surface area contributed by atoms with Crippen molar-refractivity contribution in [3.63, 3.8) is 0 Å². The number of H-pyrrole nitrogens is 1. The van der Waals surface area contributed by atoms with Crippen LogP contribution in [0.4, 0.5) is 0 Å². The lowest BCUT2D eigenvalue weighted by Gasteiger charge is -2.43. The van der Waals surface area contributed by atoms with Crippen LogP contribution in [0.2, 0.25) is 0 Å². The van der Waals surface area contributed by atoms with E-state index in [-0.39, 0.29) is 11.4 Å². The minimum absolute atomic E-state index is 0.230. The van der Waals surface area contributed by atoms with E-state index in [9.17, 15) is 26.7 Å². The van der Waals surface area contributed by atoms with E-state index in [1.807, 2.05) is 18.2 Å². The molecular formula is C21H23N5O7S2. The van der Waals surface area contributed by atoms with E-state index in [1.54, 1.807) is 18.3 Å². The lowest BCUT2D eigenvalue weighted by atomic mass is 10.1. The molecule has 1 saturated heterocycles. The number of sulfonamides is 2. The highest BCUT2D eigenvalue weighted by atomic mass is 32.2. The van der Waals surface area contributed by atoms with Gasteiger partial charge >= 0.3 is 0 Å². The van der Waals surface area contributed by atoms with Crippen molar-refractivity contribution in [2.24, 2.45) is 5.73 Å². The lowest BCUT2D eigenvalue weighted by molar-refractivity contribution is -0.155. The number of ether oxygens (including phenoxy) is 1. The monoisotopic (exact) mass is 521 g/mol. The van der Waals surface area contributed by atoms with Gasteiger partial charge in [-0.25, -0.2) is 16.8 Å². The van der Waals surface area contributed by atoms with Gasteiger partial charge in [0.05, 0.1) is 23.4 Å². The van der Waals surface area contributed by atoms with Gasteiger partial charge in [0, 0.05) is 19.3 Å². The molecule has 3 aromatic rings. The van der Waals surface area contributed by atoms with Crippen LogP contribution in [-0.4, -0.2) is 78.3 Å². The number of benzene rings is 2. The first-order valence-electron chi connectivity index (χ1n) is 10.3. The average molecular weight is 522 g/mol. The molecule has 2 heterocycles. The molecule has 1 aromatic heterocycles. The van der Waals surface area contributed by atoms with Crippen LogP contribution >= 0.6 is 0 Å². The third-order valence-electron chi connectivity index (χ3n) is 5.54. The van der Waals surface area contributed by atoms with E-state index in [1.165, 1.54) is 24.3 Å². The Morgan fingerprint density at radius 3 is 2.14 bits per heavy atom. The molecule has 1 aliphatic heterocycles. The van der Waals surface area contributed by atoms with Crippen LogP contribution in [0, 0.1) is 0 Å². The van der Waals surface area contributed by atoms with E-state index in [2.05, 4.69) is 10.2 Å². The predicted octanol–water partition coefficient (Wildman–Crippen LogP) is 0.309. The molecule has 1 amide bonds. The second-order valence-electron chi connectivity index (χ2n) is 7.92. The molecule has 0 aliphatic carbocycles. The second-order valence-corrected chi connectivity index (χ2v) is 11.8. The molecule has 1 atom stereocenters. The maximum absolute atomic E-state index is 13.2. The molecule has 186 valence electrons. The first-order chi connectivity index (χ1) is 16.4. The van der Waals surface area contributed by atoms with Gasteiger partial charge in [-0.15, -0.1) is 0 Å². The van der Waals surface area contributed by atoms with Crippen molar-refractivity contribution in [3.05, 3.63) is 60.8 Å².